The summed E-state index contributed by atoms with van der Waals surface area (Å²) >= 11 is 0. The van der Waals surface area contributed by atoms with Crippen LogP contribution in [0.15, 0.2) is 72.8 Å². The Morgan fingerprint density at radius 1 is 0.846 bits per heavy atom. The van der Waals surface area contributed by atoms with E-state index in [9.17, 15) is 14.7 Å². The molecule has 26 heavy (non-hydrogen) atoms. The van der Waals surface area contributed by atoms with E-state index in [-0.39, 0.29) is 46.6 Å². The number of hydrogen-bond donors (Lipinski definition) is 1. The summed E-state index contributed by atoms with van der Waals surface area (Å²) in [5.74, 6) is -1.55. The van der Waals surface area contributed by atoms with E-state index in [4.69, 9.17) is 5.73 Å². The van der Waals surface area contributed by atoms with Crippen molar-refractivity contribution in [2.24, 2.45) is 0 Å². The fourth-order valence-electron chi connectivity index (χ4n) is 2.76. The van der Waals surface area contributed by atoms with E-state index in [2.05, 4.69) is 0 Å². The number of benzene rings is 3. The Balaban J connectivity index is 0.00000243. The summed E-state index contributed by atoms with van der Waals surface area (Å²) in [5, 5.41) is 11.0. The van der Waals surface area contributed by atoms with Crippen molar-refractivity contribution < 1.29 is 44.3 Å². The van der Waals surface area contributed by atoms with E-state index in [0.29, 0.717) is 17.5 Å². The maximum atomic E-state index is 12.9. The smallest absolute Gasteiger partial charge is 0.545 e. The van der Waals surface area contributed by atoms with E-state index in [1.54, 1.807) is 12.1 Å². The van der Waals surface area contributed by atoms with Crippen LogP contribution in [0.5, 0.6) is 0 Å². The molecule has 0 saturated carbocycles. The Morgan fingerprint density at radius 2 is 1.50 bits per heavy atom. The maximum Gasteiger partial charge on any atom is 1.00 e. The van der Waals surface area contributed by atoms with E-state index >= 15 is 0 Å². The SMILES string of the molecule is Nc1cc(C(=O)c2ccccc2Cc2ccccc2)ccc1C(=O)[O-].[Na+]. The summed E-state index contributed by atoms with van der Waals surface area (Å²) in [5.41, 5.74) is 8.57. The molecule has 2 N–H and O–H groups in total. The minimum absolute atomic E-state index is 0. The molecule has 0 unspecified atom stereocenters. The minimum Gasteiger partial charge on any atom is -0.545 e. The standard InChI is InChI=1S/C21H17NO3.Na/c22-19-13-16(10-11-18(19)21(24)25)20(23)17-9-5-4-8-15(17)12-14-6-2-1-3-7-14;/h1-11,13H,12,22H2,(H,24,25);/q;+1/p-1. The summed E-state index contributed by atoms with van der Waals surface area (Å²) in [6.45, 7) is 0. The van der Waals surface area contributed by atoms with Gasteiger partial charge < -0.3 is 15.6 Å². The van der Waals surface area contributed by atoms with Crippen molar-refractivity contribution in [1.29, 1.82) is 0 Å². The van der Waals surface area contributed by atoms with E-state index in [1.165, 1.54) is 18.2 Å². The van der Waals surface area contributed by atoms with Crippen LogP contribution in [0.2, 0.25) is 0 Å². The van der Waals surface area contributed by atoms with Gasteiger partial charge in [0.15, 0.2) is 5.78 Å². The Hall–Kier alpha value is -2.40. The molecular formula is C21H16NNaO3. The predicted octanol–water partition coefficient (Wildman–Crippen LogP) is -0.542. The van der Waals surface area contributed by atoms with Gasteiger partial charge in [0.25, 0.3) is 0 Å². The number of carboxylic acid groups (broad SMARTS) is 1. The summed E-state index contributed by atoms with van der Waals surface area (Å²) in [4.78, 5) is 23.8. The van der Waals surface area contributed by atoms with Gasteiger partial charge in [0.05, 0.1) is 5.97 Å². The van der Waals surface area contributed by atoms with Crippen molar-refractivity contribution >= 4 is 17.4 Å². The zero-order chi connectivity index (χ0) is 17.8. The van der Waals surface area contributed by atoms with Gasteiger partial charge in [-0.25, -0.2) is 0 Å². The van der Waals surface area contributed by atoms with Gasteiger partial charge in [-0.15, -0.1) is 0 Å². The molecule has 0 aliphatic heterocycles. The number of hydrogen-bond acceptors (Lipinski definition) is 4. The first kappa shape index (κ1) is 19.9. The van der Waals surface area contributed by atoms with Crippen LogP contribution in [0.1, 0.15) is 37.4 Å². The average Bonchev–Trinajstić information content (AvgIpc) is 2.62. The van der Waals surface area contributed by atoms with Crippen LogP contribution in [-0.2, 0) is 6.42 Å². The third kappa shape index (κ3) is 4.41. The first-order valence-corrected chi connectivity index (χ1v) is 7.83. The Kier molecular flexibility index (Phi) is 6.75. The normalized spacial score (nSPS) is 10.0. The molecule has 0 fully saturated rings. The first-order chi connectivity index (χ1) is 12.1. The largest absolute Gasteiger partial charge is 1.00 e. The molecule has 4 nitrogen and oxygen atoms in total. The van der Waals surface area contributed by atoms with Gasteiger partial charge in [-0.1, -0.05) is 66.7 Å². The van der Waals surface area contributed by atoms with E-state index in [1.807, 2.05) is 42.5 Å². The Bertz CT molecular complexity index is 939. The van der Waals surface area contributed by atoms with Gasteiger partial charge in [-0.2, -0.15) is 0 Å². The fraction of sp³-hybridized carbons (Fsp3) is 0.0476. The molecule has 0 amide bonds. The van der Waals surface area contributed by atoms with Gasteiger partial charge in [0, 0.05) is 22.4 Å². The number of carboxylic acids is 1. The van der Waals surface area contributed by atoms with Gasteiger partial charge >= 0.3 is 29.6 Å². The molecule has 124 valence electrons. The van der Waals surface area contributed by atoms with Crippen LogP contribution >= 0.6 is 0 Å². The number of anilines is 1. The van der Waals surface area contributed by atoms with Crippen LogP contribution in [0, 0.1) is 0 Å². The van der Waals surface area contributed by atoms with Crippen molar-refractivity contribution in [1.82, 2.24) is 0 Å². The minimum atomic E-state index is -1.36. The quantitative estimate of drug-likeness (QED) is 0.379. The summed E-state index contributed by atoms with van der Waals surface area (Å²) in [6.07, 6.45) is 0.634. The zero-order valence-electron chi connectivity index (χ0n) is 14.4. The predicted molar refractivity (Wildman–Crippen MR) is 94.3 cm³/mol. The second kappa shape index (κ2) is 8.81. The van der Waals surface area contributed by atoms with Gasteiger partial charge in [0.1, 0.15) is 0 Å². The second-order valence-electron chi connectivity index (χ2n) is 5.74. The van der Waals surface area contributed by atoms with Crippen molar-refractivity contribution in [3.63, 3.8) is 0 Å². The van der Waals surface area contributed by atoms with Crippen LogP contribution in [0.4, 0.5) is 5.69 Å². The van der Waals surface area contributed by atoms with E-state index in [0.717, 1.165) is 11.1 Å². The molecule has 0 bridgehead atoms. The van der Waals surface area contributed by atoms with Crippen LogP contribution in [-0.4, -0.2) is 11.8 Å². The number of carbonyl (C=O) groups excluding carboxylic acids is 2. The molecule has 3 aromatic rings. The summed E-state index contributed by atoms with van der Waals surface area (Å²) in [6, 6.07) is 21.4. The first-order valence-electron chi connectivity index (χ1n) is 7.83. The maximum absolute atomic E-state index is 12.9. The Labute approximate surface area is 174 Å². The van der Waals surface area contributed by atoms with Crippen molar-refractivity contribution in [3.05, 3.63) is 101 Å². The fourth-order valence-corrected chi connectivity index (χ4v) is 2.76. The second-order valence-corrected chi connectivity index (χ2v) is 5.74. The van der Waals surface area contributed by atoms with Crippen LogP contribution in [0.25, 0.3) is 0 Å². The third-order valence-electron chi connectivity index (χ3n) is 4.03. The molecule has 0 aromatic heterocycles. The number of nitrogen functional groups attached to an aromatic ring is 1. The molecule has 3 rings (SSSR count). The number of aromatic carboxylic acids is 1. The van der Waals surface area contributed by atoms with Gasteiger partial charge in [-0.05, 0) is 23.6 Å². The van der Waals surface area contributed by atoms with E-state index < -0.39 is 5.97 Å². The molecule has 0 spiro atoms. The van der Waals surface area contributed by atoms with Crippen LogP contribution < -0.4 is 40.4 Å². The molecule has 0 atom stereocenters. The zero-order valence-corrected chi connectivity index (χ0v) is 16.4. The molecular weight excluding hydrogens is 337 g/mol. The number of nitrogens with two attached hydrogens (primary N) is 1. The molecule has 3 aromatic carbocycles. The van der Waals surface area contributed by atoms with Gasteiger partial charge in [0.2, 0.25) is 0 Å². The Morgan fingerprint density at radius 3 is 2.15 bits per heavy atom. The molecule has 0 radical (unpaired) electrons. The molecule has 5 heteroatoms. The van der Waals surface area contributed by atoms with Crippen LogP contribution in [0.3, 0.4) is 0 Å². The topological polar surface area (TPSA) is 83.2 Å². The summed E-state index contributed by atoms with van der Waals surface area (Å²) in [7, 11) is 0. The van der Waals surface area contributed by atoms with Crippen molar-refractivity contribution in [2.75, 3.05) is 5.73 Å². The van der Waals surface area contributed by atoms with Gasteiger partial charge in [-0.3, -0.25) is 4.79 Å². The number of ketones is 1. The number of rotatable bonds is 5. The van der Waals surface area contributed by atoms with Crippen molar-refractivity contribution in [3.8, 4) is 0 Å². The van der Waals surface area contributed by atoms with Crippen molar-refractivity contribution in [2.45, 2.75) is 6.42 Å². The molecule has 0 aliphatic rings. The summed E-state index contributed by atoms with van der Waals surface area (Å²) < 4.78 is 0. The third-order valence-corrected chi connectivity index (χ3v) is 4.03. The molecule has 0 heterocycles. The molecule has 0 saturated heterocycles. The molecule has 0 aliphatic carbocycles. The number of carbonyl (C=O) groups is 2. The average molecular weight is 353 g/mol. The monoisotopic (exact) mass is 353 g/mol.